The topological polar surface area (TPSA) is 113 Å². The Morgan fingerprint density at radius 1 is 1.17 bits per heavy atom. The van der Waals surface area contributed by atoms with Crippen LogP contribution < -0.4 is 0 Å². The Labute approximate surface area is 130 Å². The summed E-state index contributed by atoms with van der Waals surface area (Å²) in [4.78, 5) is 45.4. The van der Waals surface area contributed by atoms with Crippen LogP contribution in [0.3, 0.4) is 0 Å². The maximum absolute atomic E-state index is 13.6. The lowest BCUT2D eigenvalue weighted by atomic mass is 9.97. The molecule has 0 saturated carbocycles. The van der Waals surface area contributed by atoms with Gasteiger partial charge < -0.3 is 9.47 Å². The second kappa shape index (κ2) is 7.97. The zero-order valence-electron chi connectivity index (χ0n) is 12.4. The van der Waals surface area contributed by atoms with Crippen molar-refractivity contribution in [3.05, 3.63) is 39.7 Å². The molecule has 0 spiro atoms. The largest absolute Gasteiger partial charge is 0.465 e. The Kier molecular flexibility index (Phi) is 6.31. The van der Waals surface area contributed by atoms with Gasteiger partial charge in [-0.3, -0.25) is 24.5 Å². The van der Waals surface area contributed by atoms with Crippen LogP contribution in [-0.2, 0) is 19.1 Å². The van der Waals surface area contributed by atoms with E-state index in [-0.39, 0.29) is 18.8 Å². The number of carbonyl (C=O) groups excluding carboxylic acids is 3. The number of hydrogen-bond donors (Lipinski definition) is 0. The Hall–Kier alpha value is -2.84. The summed E-state index contributed by atoms with van der Waals surface area (Å²) in [6.07, 6.45) is 0. The molecule has 9 heteroatoms. The molecule has 0 aliphatic carbocycles. The number of halogens is 1. The third-order valence-electron chi connectivity index (χ3n) is 2.74. The quantitative estimate of drug-likeness (QED) is 0.246. The minimum Gasteiger partial charge on any atom is -0.465 e. The highest BCUT2D eigenvalue weighted by Gasteiger charge is 2.38. The van der Waals surface area contributed by atoms with E-state index >= 15 is 0 Å². The fourth-order valence-electron chi connectivity index (χ4n) is 1.74. The van der Waals surface area contributed by atoms with Gasteiger partial charge in [-0.05, 0) is 26.0 Å². The second-order valence-corrected chi connectivity index (χ2v) is 4.22. The standard InChI is InChI=1S/C14H14FNO7/c1-3-22-13(18)11(14(19)23-4-2)12(17)8-5-6-10(16(20)21)9(15)7-8/h5-7,11H,3-4H2,1-2H3. The third-order valence-corrected chi connectivity index (χ3v) is 2.74. The Morgan fingerprint density at radius 2 is 1.70 bits per heavy atom. The summed E-state index contributed by atoms with van der Waals surface area (Å²) in [6, 6.07) is 2.32. The minimum absolute atomic E-state index is 0.0728. The average Bonchev–Trinajstić information content (AvgIpc) is 2.47. The van der Waals surface area contributed by atoms with E-state index in [1.165, 1.54) is 13.8 Å². The molecule has 0 fully saturated rings. The van der Waals surface area contributed by atoms with Crippen LogP contribution in [-0.4, -0.2) is 35.9 Å². The van der Waals surface area contributed by atoms with Crippen LogP contribution in [0.15, 0.2) is 18.2 Å². The highest BCUT2D eigenvalue weighted by Crippen LogP contribution is 2.21. The summed E-state index contributed by atoms with van der Waals surface area (Å²) in [5.41, 5.74) is -1.20. The summed E-state index contributed by atoms with van der Waals surface area (Å²) >= 11 is 0. The lowest BCUT2D eigenvalue weighted by molar-refractivity contribution is -0.387. The van der Waals surface area contributed by atoms with Crippen molar-refractivity contribution in [1.29, 1.82) is 0 Å². The summed E-state index contributed by atoms with van der Waals surface area (Å²) in [7, 11) is 0. The molecular weight excluding hydrogens is 313 g/mol. The van der Waals surface area contributed by atoms with Gasteiger partial charge in [0.25, 0.3) is 0 Å². The van der Waals surface area contributed by atoms with Gasteiger partial charge in [-0.2, -0.15) is 4.39 Å². The van der Waals surface area contributed by atoms with Crippen molar-refractivity contribution in [3.8, 4) is 0 Å². The molecule has 0 aliphatic rings. The van der Waals surface area contributed by atoms with E-state index in [4.69, 9.17) is 0 Å². The maximum atomic E-state index is 13.6. The van der Waals surface area contributed by atoms with Crippen LogP contribution in [0.1, 0.15) is 24.2 Å². The molecule has 0 unspecified atom stereocenters. The number of hydrogen-bond acceptors (Lipinski definition) is 7. The van der Waals surface area contributed by atoms with Crippen molar-refractivity contribution in [1.82, 2.24) is 0 Å². The molecule has 0 heterocycles. The predicted molar refractivity (Wildman–Crippen MR) is 74.1 cm³/mol. The molecule has 1 aromatic rings. The van der Waals surface area contributed by atoms with Gasteiger partial charge in [-0.25, -0.2) is 0 Å². The fourth-order valence-corrected chi connectivity index (χ4v) is 1.74. The first-order chi connectivity index (χ1) is 10.8. The summed E-state index contributed by atoms with van der Waals surface area (Å²) in [5, 5.41) is 10.6. The van der Waals surface area contributed by atoms with Crippen LogP contribution in [0.5, 0.6) is 0 Å². The molecular formula is C14H14FNO7. The van der Waals surface area contributed by atoms with Gasteiger partial charge >= 0.3 is 17.6 Å². The number of nitro groups is 1. The SMILES string of the molecule is CCOC(=O)C(C(=O)OCC)C(=O)c1ccc([N+](=O)[O-])c(F)c1. The monoisotopic (exact) mass is 327 g/mol. The van der Waals surface area contributed by atoms with E-state index in [0.29, 0.717) is 6.07 Å². The minimum atomic E-state index is -1.91. The Bertz CT molecular complexity index is 626. The van der Waals surface area contributed by atoms with Crippen LogP contribution in [0.4, 0.5) is 10.1 Å². The van der Waals surface area contributed by atoms with E-state index in [1.807, 2.05) is 0 Å². The Balaban J connectivity index is 3.18. The number of ketones is 1. The second-order valence-electron chi connectivity index (χ2n) is 4.22. The molecule has 0 atom stereocenters. The number of ether oxygens (including phenoxy) is 2. The highest BCUT2D eigenvalue weighted by atomic mass is 19.1. The van der Waals surface area contributed by atoms with Crippen molar-refractivity contribution >= 4 is 23.4 Å². The van der Waals surface area contributed by atoms with E-state index in [9.17, 15) is 28.9 Å². The van der Waals surface area contributed by atoms with E-state index in [0.717, 1.165) is 12.1 Å². The fraction of sp³-hybridized carbons (Fsp3) is 0.357. The lowest BCUT2D eigenvalue weighted by Crippen LogP contribution is -2.35. The average molecular weight is 327 g/mol. The molecule has 0 N–H and O–H groups in total. The highest BCUT2D eigenvalue weighted by molar-refractivity contribution is 6.20. The molecule has 0 saturated heterocycles. The smallest absolute Gasteiger partial charge is 0.328 e. The molecule has 8 nitrogen and oxygen atoms in total. The van der Waals surface area contributed by atoms with Crippen molar-refractivity contribution in [3.63, 3.8) is 0 Å². The van der Waals surface area contributed by atoms with Crippen LogP contribution in [0.2, 0.25) is 0 Å². The predicted octanol–water partition coefficient (Wildman–Crippen LogP) is 1.66. The summed E-state index contributed by atoms with van der Waals surface area (Å²) < 4.78 is 22.9. The zero-order valence-corrected chi connectivity index (χ0v) is 12.4. The number of carbonyl (C=O) groups is 3. The summed E-state index contributed by atoms with van der Waals surface area (Å²) in [6.45, 7) is 2.82. The first-order valence-corrected chi connectivity index (χ1v) is 6.64. The van der Waals surface area contributed by atoms with Gasteiger partial charge in [0.1, 0.15) is 0 Å². The number of esters is 2. The number of nitro benzene ring substituents is 1. The molecule has 1 rings (SSSR count). The summed E-state index contributed by atoms with van der Waals surface area (Å²) in [5.74, 6) is -6.48. The van der Waals surface area contributed by atoms with Gasteiger partial charge in [0, 0.05) is 11.6 Å². The molecule has 0 amide bonds. The number of rotatable bonds is 7. The molecule has 23 heavy (non-hydrogen) atoms. The normalized spacial score (nSPS) is 10.3. The third kappa shape index (κ3) is 4.31. The first kappa shape index (κ1) is 18.2. The van der Waals surface area contributed by atoms with Gasteiger partial charge in [0.15, 0.2) is 5.78 Å². The number of nitrogens with zero attached hydrogens (tertiary/aromatic N) is 1. The lowest BCUT2D eigenvalue weighted by Gasteiger charge is -2.13. The molecule has 0 radical (unpaired) electrons. The van der Waals surface area contributed by atoms with Crippen molar-refractivity contribution in [2.45, 2.75) is 13.8 Å². The van der Waals surface area contributed by atoms with E-state index in [1.54, 1.807) is 0 Å². The maximum Gasteiger partial charge on any atom is 0.328 e. The first-order valence-electron chi connectivity index (χ1n) is 6.64. The molecule has 0 aliphatic heterocycles. The number of benzene rings is 1. The van der Waals surface area contributed by atoms with Gasteiger partial charge in [-0.1, -0.05) is 0 Å². The molecule has 0 bridgehead atoms. The molecule has 1 aromatic carbocycles. The van der Waals surface area contributed by atoms with Crippen molar-refractivity contribution < 1.29 is 33.2 Å². The molecule has 0 aromatic heterocycles. The molecule has 124 valence electrons. The number of Topliss-reactive ketones (excluding diaryl/α,β-unsaturated/α-hetero) is 1. The van der Waals surface area contributed by atoms with Gasteiger partial charge in [0.2, 0.25) is 11.7 Å². The Morgan fingerprint density at radius 3 is 2.09 bits per heavy atom. The van der Waals surface area contributed by atoms with E-state index < -0.39 is 40.1 Å². The zero-order chi connectivity index (χ0) is 17.6. The van der Waals surface area contributed by atoms with Crippen molar-refractivity contribution in [2.75, 3.05) is 13.2 Å². The van der Waals surface area contributed by atoms with Crippen LogP contribution in [0.25, 0.3) is 0 Å². The van der Waals surface area contributed by atoms with E-state index in [2.05, 4.69) is 9.47 Å². The van der Waals surface area contributed by atoms with Crippen molar-refractivity contribution in [2.24, 2.45) is 5.92 Å². The van der Waals surface area contributed by atoms with Crippen LogP contribution in [0, 0.1) is 21.8 Å². The van der Waals surface area contributed by atoms with Crippen LogP contribution >= 0.6 is 0 Å². The van der Waals surface area contributed by atoms with Gasteiger partial charge in [0.05, 0.1) is 18.1 Å². The van der Waals surface area contributed by atoms with Gasteiger partial charge in [-0.15, -0.1) is 0 Å².